The highest BCUT2D eigenvalue weighted by molar-refractivity contribution is 6.35. The van der Waals surface area contributed by atoms with E-state index in [1.54, 1.807) is 12.1 Å². The number of carbonyl (C=O) groups is 2. The van der Waals surface area contributed by atoms with Gasteiger partial charge in [-0.2, -0.15) is 0 Å². The molecule has 33 heavy (non-hydrogen) atoms. The fraction of sp³-hybridized carbons (Fsp3) is 0.429. The van der Waals surface area contributed by atoms with E-state index in [0.29, 0.717) is 22.8 Å². The van der Waals surface area contributed by atoms with E-state index in [2.05, 4.69) is 29.2 Å². The molecule has 2 aliphatic heterocycles. The van der Waals surface area contributed by atoms with Gasteiger partial charge in [-0.05, 0) is 61.3 Å². The smallest absolute Gasteiger partial charge is 0.278 e. The number of benzene rings is 2. The average Bonchev–Trinajstić information content (AvgIpc) is 3.11. The molecule has 0 spiro atoms. The Labute approximate surface area is 195 Å². The summed E-state index contributed by atoms with van der Waals surface area (Å²) in [6.07, 6.45) is 8.02. The molecule has 4 nitrogen and oxygen atoms in total. The Morgan fingerprint density at radius 2 is 1.45 bits per heavy atom. The highest BCUT2D eigenvalue weighted by atomic mass is 19.1. The van der Waals surface area contributed by atoms with E-state index < -0.39 is 0 Å². The molecule has 5 rings (SSSR count). The third kappa shape index (κ3) is 4.46. The summed E-state index contributed by atoms with van der Waals surface area (Å²) in [5, 5.41) is 0. The first-order valence-electron chi connectivity index (χ1n) is 12.3. The lowest BCUT2D eigenvalue weighted by atomic mass is 9.89. The van der Waals surface area contributed by atoms with Crippen LogP contribution < -0.4 is 0 Å². The van der Waals surface area contributed by atoms with Crippen molar-refractivity contribution < 1.29 is 14.0 Å². The molecule has 1 saturated heterocycles. The number of hydrogen-bond acceptors (Lipinski definition) is 3. The predicted molar refractivity (Wildman–Crippen MR) is 126 cm³/mol. The van der Waals surface area contributed by atoms with Crippen molar-refractivity contribution in [1.82, 2.24) is 9.80 Å². The third-order valence-corrected chi connectivity index (χ3v) is 7.46. The van der Waals surface area contributed by atoms with E-state index in [1.165, 1.54) is 22.6 Å². The third-order valence-electron chi connectivity index (χ3n) is 7.46. The van der Waals surface area contributed by atoms with Crippen LogP contribution in [0.4, 0.5) is 4.39 Å². The Kier molecular flexibility index (Phi) is 6.30. The molecule has 2 amide bonds. The van der Waals surface area contributed by atoms with Gasteiger partial charge in [0.2, 0.25) is 0 Å². The van der Waals surface area contributed by atoms with E-state index in [9.17, 15) is 14.0 Å². The molecule has 2 heterocycles. The summed E-state index contributed by atoms with van der Waals surface area (Å²) in [7, 11) is 0. The second kappa shape index (κ2) is 9.50. The molecule has 5 heteroatoms. The molecule has 2 aromatic rings. The van der Waals surface area contributed by atoms with E-state index >= 15 is 0 Å². The zero-order valence-corrected chi connectivity index (χ0v) is 19.0. The van der Waals surface area contributed by atoms with Gasteiger partial charge in [0.25, 0.3) is 11.8 Å². The zero-order valence-electron chi connectivity index (χ0n) is 19.0. The molecule has 0 radical (unpaired) electrons. The van der Waals surface area contributed by atoms with Gasteiger partial charge in [-0.1, -0.05) is 61.7 Å². The molecule has 3 aliphatic rings. The van der Waals surface area contributed by atoms with Crippen LogP contribution in [0.15, 0.2) is 60.3 Å². The summed E-state index contributed by atoms with van der Waals surface area (Å²) in [6.45, 7) is 1.52. The molecule has 1 saturated carbocycles. The molecule has 0 N–H and O–H groups in total. The molecule has 0 bridgehead atoms. The van der Waals surface area contributed by atoms with Gasteiger partial charge < -0.3 is 4.90 Å². The number of halogens is 1. The van der Waals surface area contributed by atoms with Crippen LogP contribution in [-0.2, 0) is 16.0 Å². The van der Waals surface area contributed by atoms with Crippen molar-refractivity contribution in [1.29, 1.82) is 0 Å². The van der Waals surface area contributed by atoms with Crippen LogP contribution in [0.2, 0.25) is 0 Å². The number of rotatable bonds is 5. The minimum Gasteiger partial charge on any atom is -0.366 e. The highest BCUT2D eigenvalue weighted by Crippen LogP contribution is 2.37. The fourth-order valence-electron chi connectivity index (χ4n) is 5.68. The summed E-state index contributed by atoms with van der Waals surface area (Å²) < 4.78 is 13.6. The standard InChI is InChI=1S/C28H31FN2O2/c29-23-13-11-22(12-14-23)25-26(28(33)31(27(25)32)24-9-5-2-6-10-24)30-17-15-21(16-18-30)19-20-7-3-1-4-8-20/h1,3-4,7-8,11-14,21,24H,2,5-6,9-10,15-19H2. The Morgan fingerprint density at radius 3 is 2.12 bits per heavy atom. The van der Waals surface area contributed by atoms with Crippen molar-refractivity contribution in [3.05, 3.63) is 77.2 Å². The first-order valence-corrected chi connectivity index (χ1v) is 12.3. The van der Waals surface area contributed by atoms with Crippen molar-refractivity contribution >= 4 is 17.4 Å². The van der Waals surface area contributed by atoms with Gasteiger partial charge in [0.05, 0.1) is 5.57 Å². The lowest BCUT2D eigenvalue weighted by Gasteiger charge is -2.35. The van der Waals surface area contributed by atoms with Crippen LogP contribution in [0, 0.1) is 11.7 Å². The van der Waals surface area contributed by atoms with Crippen LogP contribution in [0.3, 0.4) is 0 Å². The maximum atomic E-state index is 13.7. The molecule has 0 aromatic heterocycles. The van der Waals surface area contributed by atoms with E-state index in [4.69, 9.17) is 0 Å². The number of likely N-dealkylation sites (tertiary alicyclic amines) is 1. The Balaban J connectivity index is 1.40. The van der Waals surface area contributed by atoms with E-state index in [0.717, 1.165) is 64.5 Å². The maximum Gasteiger partial charge on any atom is 0.278 e. The monoisotopic (exact) mass is 446 g/mol. The minimum absolute atomic E-state index is 0.0256. The number of carbonyl (C=O) groups excluding carboxylic acids is 2. The number of piperidine rings is 1. The lowest BCUT2D eigenvalue weighted by Crippen LogP contribution is -2.44. The summed E-state index contributed by atoms with van der Waals surface area (Å²) in [5.74, 6) is -0.142. The number of amides is 2. The van der Waals surface area contributed by atoms with Gasteiger partial charge in [0.15, 0.2) is 0 Å². The Hall–Kier alpha value is -2.95. The SMILES string of the molecule is O=C1C(c2ccc(F)cc2)=C(N2CCC(Cc3ccccc3)CC2)C(=O)N1C1CCCCC1. The van der Waals surface area contributed by atoms with Crippen molar-refractivity contribution in [3.63, 3.8) is 0 Å². The lowest BCUT2D eigenvalue weighted by molar-refractivity contribution is -0.141. The van der Waals surface area contributed by atoms with Crippen LogP contribution >= 0.6 is 0 Å². The molecule has 0 atom stereocenters. The van der Waals surface area contributed by atoms with Crippen molar-refractivity contribution in [2.45, 2.75) is 57.4 Å². The van der Waals surface area contributed by atoms with Gasteiger partial charge in [-0.15, -0.1) is 0 Å². The Bertz CT molecular complexity index is 1030. The average molecular weight is 447 g/mol. The van der Waals surface area contributed by atoms with Crippen molar-refractivity contribution in [2.75, 3.05) is 13.1 Å². The summed E-state index contributed by atoms with van der Waals surface area (Å²) in [4.78, 5) is 30.9. The summed E-state index contributed by atoms with van der Waals surface area (Å²) in [6, 6.07) is 16.5. The number of imide groups is 1. The molecule has 172 valence electrons. The summed E-state index contributed by atoms with van der Waals surface area (Å²) >= 11 is 0. The molecule has 1 aliphatic carbocycles. The van der Waals surface area contributed by atoms with Crippen LogP contribution in [-0.4, -0.2) is 40.7 Å². The topological polar surface area (TPSA) is 40.6 Å². The number of nitrogens with zero attached hydrogens (tertiary/aromatic N) is 2. The second-order valence-corrected chi connectivity index (χ2v) is 9.62. The largest absolute Gasteiger partial charge is 0.366 e. The molecule has 0 unspecified atom stereocenters. The predicted octanol–water partition coefficient (Wildman–Crippen LogP) is 5.19. The van der Waals surface area contributed by atoms with Crippen LogP contribution in [0.25, 0.3) is 5.57 Å². The summed E-state index contributed by atoms with van der Waals surface area (Å²) in [5.41, 5.74) is 2.95. The second-order valence-electron chi connectivity index (χ2n) is 9.62. The quantitative estimate of drug-likeness (QED) is 0.594. The van der Waals surface area contributed by atoms with E-state index in [-0.39, 0.29) is 23.7 Å². The molecule has 2 fully saturated rings. The van der Waals surface area contributed by atoms with Crippen LogP contribution in [0.1, 0.15) is 56.1 Å². The number of hydrogen-bond donors (Lipinski definition) is 0. The zero-order chi connectivity index (χ0) is 22.8. The Morgan fingerprint density at radius 1 is 0.788 bits per heavy atom. The highest BCUT2D eigenvalue weighted by Gasteiger charge is 2.45. The van der Waals surface area contributed by atoms with Gasteiger partial charge in [0.1, 0.15) is 11.5 Å². The normalized spacial score (nSPS) is 20.8. The minimum atomic E-state index is -0.344. The van der Waals surface area contributed by atoms with Gasteiger partial charge in [-0.25, -0.2) is 4.39 Å². The van der Waals surface area contributed by atoms with Crippen LogP contribution in [0.5, 0.6) is 0 Å². The molecule has 2 aromatic carbocycles. The van der Waals surface area contributed by atoms with Gasteiger partial charge in [0, 0.05) is 19.1 Å². The van der Waals surface area contributed by atoms with Crippen molar-refractivity contribution in [3.8, 4) is 0 Å². The van der Waals surface area contributed by atoms with Gasteiger partial charge in [-0.3, -0.25) is 14.5 Å². The maximum absolute atomic E-state index is 13.7. The van der Waals surface area contributed by atoms with Gasteiger partial charge >= 0.3 is 0 Å². The van der Waals surface area contributed by atoms with E-state index in [1.807, 2.05) is 6.07 Å². The molecular weight excluding hydrogens is 415 g/mol. The molecular formula is C28H31FN2O2. The first-order chi connectivity index (χ1) is 16.1. The van der Waals surface area contributed by atoms with Crippen molar-refractivity contribution in [2.24, 2.45) is 5.92 Å². The fourth-order valence-corrected chi connectivity index (χ4v) is 5.68. The first kappa shape index (κ1) is 21.9.